The molecule has 1 heterocycles. The molecule has 0 bridgehead atoms. The molecule has 1 aromatic rings. The van der Waals surface area contributed by atoms with Crippen LogP contribution in [-0.4, -0.2) is 19.3 Å². The van der Waals surface area contributed by atoms with Crippen LogP contribution in [0.4, 0.5) is 0 Å². The molecule has 0 aliphatic carbocycles. The van der Waals surface area contributed by atoms with E-state index < -0.39 is 0 Å². The van der Waals surface area contributed by atoms with Crippen LogP contribution in [0.2, 0.25) is 0 Å². The molecule has 3 nitrogen and oxygen atoms in total. The van der Waals surface area contributed by atoms with Gasteiger partial charge in [-0.05, 0) is 26.5 Å². The third-order valence-corrected chi connectivity index (χ3v) is 2.51. The fraction of sp³-hybridized carbons (Fsp3) is 0.636. The van der Waals surface area contributed by atoms with Crippen molar-refractivity contribution in [2.24, 2.45) is 0 Å². The molecule has 0 radical (unpaired) electrons. The molecular formula is C11H19NO2. The summed E-state index contributed by atoms with van der Waals surface area (Å²) in [5.74, 6) is 0. The van der Waals surface area contributed by atoms with E-state index in [2.05, 4.69) is 26.1 Å². The average Bonchev–Trinajstić information content (AvgIpc) is 2.66. The summed E-state index contributed by atoms with van der Waals surface area (Å²) in [6.07, 6.45) is 3.44. The third-order valence-electron chi connectivity index (χ3n) is 2.51. The summed E-state index contributed by atoms with van der Waals surface area (Å²) in [4.78, 5) is 0. The molecule has 80 valence electrons. The Hall–Kier alpha value is -0.800. The molecule has 1 aromatic heterocycles. The number of rotatable bonds is 5. The monoisotopic (exact) mass is 197 g/mol. The summed E-state index contributed by atoms with van der Waals surface area (Å²) >= 11 is 0. The molecule has 14 heavy (non-hydrogen) atoms. The number of hydrogen-bond acceptors (Lipinski definition) is 3. The predicted molar refractivity (Wildman–Crippen MR) is 56.2 cm³/mol. The molecule has 1 atom stereocenters. The zero-order valence-corrected chi connectivity index (χ0v) is 9.33. The number of hydrogen-bond donors (Lipinski definition) is 1. The van der Waals surface area contributed by atoms with Crippen molar-refractivity contribution in [3.63, 3.8) is 0 Å². The highest BCUT2D eigenvalue weighted by Gasteiger charge is 2.30. The molecule has 1 unspecified atom stereocenters. The minimum Gasteiger partial charge on any atom is -0.472 e. The minimum atomic E-state index is -0.236. The first kappa shape index (κ1) is 11.3. The number of furan rings is 1. The SMILES string of the molecule is CCNC(c1ccoc1)C(C)(C)OC. The van der Waals surface area contributed by atoms with Crippen LogP contribution in [0.15, 0.2) is 23.0 Å². The first-order valence-electron chi connectivity index (χ1n) is 4.92. The molecule has 0 spiro atoms. The number of likely N-dealkylation sites (N-methyl/N-ethyl adjacent to an activating group) is 1. The lowest BCUT2D eigenvalue weighted by atomic mass is 9.93. The van der Waals surface area contributed by atoms with Crippen molar-refractivity contribution >= 4 is 0 Å². The number of ether oxygens (including phenoxy) is 1. The van der Waals surface area contributed by atoms with E-state index >= 15 is 0 Å². The summed E-state index contributed by atoms with van der Waals surface area (Å²) in [6.45, 7) is 7.11. The molecular weight excluding hydrogens is 178 g/mol. The fourth-order valence-corrected chi connectivity index (χ4v) is 1.53. The summed E-state index contributed by atoms with van der Waals surface area (Å²) in [5.41, 5.74) is 0.888. The summed E-state index contributed by atoms with van der Waals surface area (Å²) < 4.78 is 10.6. The van der Waals surface area contributed by atoms with Crippen molar-refractivity contribution in [3.05, 3.63) is 24.2 Å². The number of nitrogens with one attached hydrogen (secondary N) is 1. The maximum atomic E-state index is 5.47. The van der Waals surface area contributed by atoms with Gasteiger partial charge in [0.05, 0.1) is 24.2 Å². The van der Waals surface area contributed by atoms with Crippen molar-refractivity contribution < 1.29 is 9.15 Å². The van der Waals surface area contributed by atoms with Gasteiger partial charge in [-0.1, -0.05) is 6.92 Å². The molecule has 0 fully saturated rings. The largest absolute Gasteiger partial charge is 0.472 e. The van der Waals surface area contributed by atoms with Gasteiger partial charge in [-0.15, -0.1) is 0 Å². The zero-order valence-electron chi connectivity index (χ0n) is 9.33. The van der Waals surface area contributed by atoms with E-state index in [1.54, 1.807) is 19.6 Å². The Morgan fingerprint density at radius 1 is 1.57 bits per heavy atom. The fourth-order valence-electron chi connectivity index (χ4n) is 1.53. The highest BCUT2D eigenvalue weighted by atomic mass is 16.5. The molecule has 0 amide bonds. The van der Waals surface area contributed by atoms with E-state index in [4.69, 9.17) is 9.15 Å². The van der Waals surface area contributed by atoms with E-state index in [1.165, 1.54) is 0 Å². The lowest BCUT2D eigenvalue weighted by Gasteiger charge is -2.33. The van der Waals surface area contributed by atoms with E-state index in [0.29, 0.717) is 0 Å². The van der Waals surface area contributed by atoms with Crippen molar-refractivity contribution in [2.75, 3.05) is 13.7 Å². The van der Waals surface area contributed by atoms with Gasteiger partial charge in [0, 0.05) is 12.7 Å². The normalized spacial score (nSPS) is 14.3. The molecule has 1 N–H and O–H groups in total. The molecule has 0 aromatic carbocycles. The molecule has 0 aliphatic rings. The molecule has 0 saturated heterocycles. The highest BCUT2D eigenvalue weighted by molar-refractivity contribution is 5.15. The molecule has 1 rings (SSSR count). The topological polar surface area (TPSA) is 34.4 Å². The summed E-state index contributed by atoms with van der Waals surface area (Å²) in [6, 6.07) is 2.13. The quantitative estimate of drug-likeness (QED) is 0.786. The Bertz CT molecular complexity index is 254. The Balaban J connectivity index is 2.84. The van der Waals surface area contributed by atoms with Crippen molar-refractivity contribution in [1.82, 2.24) is 5.32 Å². The second-order valence-corrected chi connectivity index (χ2v) is 3.85. The van der Waals surface area contributed by atoms with Crippen LogP contribution in [-0.2, 0) is 4.74 Å². The van der Waals surface area contributed by atoms with Crippen LogP contribution in [0.3, 0.4) is 0 Å². The van der Waals surface area contributed by atoms with Gasteiger partial charge in [0.1, 0.15) is 0 Å². The van der Waals surface area contributed by atoms with Gasteiger partial charge in [-0.25, -0.2) is 0 Å². The molecule has 3 heteroatoms. The molecule has 0 saturated carbocycles. The van der Waals surface area contributed by atoms with Crippen LogP contribution in [0, 0.1) is 0 Å². The van der Waals surface area contributed by atoms with Gasteiger partial charge in [0.2, 0.25) is 0 Å². The van der Waals surface area contributed by atoms with Gasteiger partial charge in [-0.3, -0.25) is 0 Å². The van der Waals surface area contributed by atoms with Crippen LogP contribution in [0.25, 0.3) is 0 Å². The lowest BCUT2D eigenvalue weighted by Crippen LogP contribution is -2.40. The van der Waals surface area contributed by atoms with Gasteiger partial charge in [0.25, 0.3) is 0 Å². The minimum absolute atomic E-state index is 0.163. The Kier molecular flexibility index (Phi) is 3.72. The van der Waals surface area contributed by atoms with Gasteiger partial charge in [-0.2, -0.15) is 0 Å². The first-order valence-corrected chi connectivity index (χ1v) is 4.92. The molecule has 0 aliphatic heterocycles. The van der Waals surface area contributed by atoms with E-state index in [0.717, 1.165) is 12.1 Å². The van der Waals surface area contributed by atoms with Gasteiger partial charge in [0.15, 0.2) is 0 Å². The maximum absolute atomic E-state index is 5.47. The maximum Gasteiger partial charge on any atom is 0.0951 e. The lowest BCUT2D eigenvalue weighted by molar-refractivity contribution is -0.0108. The summed E-state index contributed by atoms with van der Waals surface area (Å²) in [5, 5.41) is 3.39. The van der Waals surface area contributed by atoms with E-state index in [1.807, 2.05) is 6.07 Å². The Morgan fingerprint density at radius 2 is 2.29 bits per heavy atom. The highest BCUT2D eigenvalue weighted by Crippen LogP contribution is 2.28. The Morgan fingerprint density at radius 3 is 2.71 bits per heavy atom. The summed E-state index contributed by atoms with van der Waals surface area (Å²) in [7, 11) is 1.73. The van der Waals surface area contributed by atoms with E-state index in [-0.39, 0.29) is 11.6 Å². The zero-order chi connectivity index (χ0) is 10.6. The third kappa shape index (κ3) is 2.36. The smallest absolute Gasteiger partial charge is 0.0951 e. The van der Waals surface area contributed by atoms with Crippen LogP contribution >= 0.6 is 0 Å². The van der Waals surface area contributed by atoms with Gasteiger partial charge >= 0.3 is 0 Å². The average molecular weight is 197 g/mol. The number of methoxy groups -OCH3 is 1. The van der Waals surface area contributed by atoms with Crippen LogP contribution in [0.5, 0.6) is 0 Å². The second kappa shape index (κ2) is 4.62. The van der Waals surface area contributed by atoms with Crippen molar-refractivity contribution in [3.8, 4) is 0 Å². The second-order valence-electron chi connectivity index (χ2n) is 3.85. The van der Waals surface area contributed by atoms with Gasteiger partial charge < -0.3 is 14.5 Å². The Labute approximate surface area is 85.4 Å². The van der Waals surface area contributed by atoms with Crippen LogP contribution in [0.1, 0.15) is 32.4 Å². The van der Waals surface area contributed by atoms with Crippen LogP contribution < -0.4 is 5.32 Å². The van der Waals surface area contributed by atoms with Crippen molar-refractivity contribution in [2.45, 2.75) is 32.4 Å². The first-order chi connectivity index (χ1) is 6.61. The van der Waals surface area contributed by atoms with E-state index in [9.17, 15) is 0 Å². The predicted octanol–water partition coefficient (Wildman–Crippen LogP) is 2.36. The van der Waals surface area contributed by atoms with Crippen molar-refractivity contribution in [1.29, 1.82) is 0 Å². The standard InChI is InChI=1S/C11H19NO2/c1-5-12-10(11(2,3)13-4)9-6-7-14-8-9/h6-8,10,12H,5H2,1-4H3.